The van der Waals surface area contributed by atoms with Gasteiger partial charge in [0.1, 0.15) is 23.0 Å². The van der Waals surface area contributed by atoms with Gasteiger partial charge in [0.25, 0.3) is 11.8 Å². The molecular weight excluding hydrogens is 786 g/mol. The summed E-state index contributed by atoms with van der Waals surface area (Å²) < 4.78 is 76.2. The van der Waals surface area contributed by atoms with Crippen molar-refractivity contribution in [2.75, 3.05) is 41.4 Å². The van der Waals surface area contributed by atoms with Gasteiger partial charge >= 0.3 is 6.18 Å². The van der Waals surface area contributed by atoms with Crippen LogP contribution in [0.5, 0.6) is 0 Å². The topological polar surface area (TPSA) is 143 Å². The first-order valence-corrected chi connectivity index (χ1v) is 19.1. The minimum atomic E-state index is -4.83. The van der Waals surface area contributed by atoms with Gasteiger partial charge in [0.2, 0.25) is 5.91 Å². The molecule has 16 heteroatoms. The van der Waals surface area contributed by atoms with E-state index in [1.165, 1.54) is 41.3 Å². The molecule has 2 aliphatic rings. The Balaban J connectivity index is 0.854. The lowest BCUT2D eigenvalue weighted by Gasteiger charge is -2.30. The summed E-state index contributed by atoms with van der Waals surface area (Å²) >= 11 is 0. The molecule has 0 unspecified atom stereocenters. The van der Waals surface area contributed by atoms with Gasteiger partial charge < -0.3 is 30.6 Å². The minimum Gasteiger partial charge on any atom is -0.383 e. The predicted octanol–water partition coefficient (Wildman–Crippen LogP) is 7.92. The Morgan fingerprint density at radius 2 is 1.75 bits per heavy atom. The predicted molar refractivity (Wildman–Crippen MR) is 216 cm³/mol. The number of benzene rings is 4. The first kappa shape index (κ1) is 41.4. The van der Waals surface area contributed by atoms with Crippen LogP contribution in [-0.4, -0.2) is 54.5 Å². The Morgan fingerprint density at radius 3 is 2.47 bits per heavy atom. The number of nitrogens with one attached hydrogen (secondary N) is 4. The van der Waals surface area contributed by atoms with Crippen molar-refractivity contribution in [1.29, 1.82) is 5.26 Å². The average molecular weight is 826 g/mol. The van der Waals surface area contributed by atoms with E-state index < -0.39 is 40.4 Å². The van der Waals surface area contributed by atoms with E-state index in [0.717, 1.165) is 44.8 Å². The number of alkyl halides is 3. The summed E-state index contributed by atoms with van der Waals surface area (Å²) in [5.74, 6) is -2.19. The fourth-order valence-corrected chi connectivity index (χ4v) is 7.62. The third kappa shape index (κ3) is 8.13. The summed E-state index contributed by atoms with van der Waals surface area (Å²) in [5.41, 5.74) is 1.59. The highest BCUT2D eigenvalue weighted by Crippen LogP contribution is 2.43. The quantitative estimate of drug-likeness (QED) is 0.0698. The molecule has 1 fully saturated rings. The van der Waals surface area contributed by atoms with Crippen molar-refractivity contribution >= 4 is 45.7 Å². The SMILES string of the molecule is C=C1N(c2ccc(C#N)c(C(F)(F)F)c2)C(=O)C(C)(C)N1c1ccc(NCCCOCCC(=O)NCc2ccc(-c3[nH]c4cc(F)cc5c4c3CCNC5=O)cc2)c(F)c1. The summed E-state index contributed by atoms with van der Waals surface area (Å²) in [6, 6.07) is 19.0. The molecule has 4 aromatic carbocycles. The third-order valence-electron chi connectivity index (χ3n) is 10.6. The van der Waals surface area contributed by atoms with Gasteiger partial charge in [-0.3, -0.25) is 19.3 Å². The number of carbonyl (C=O) groups is 3. The Kier molecular flexibility index (Phi) is 11.4. The molecule has 0 atom stereocenters. The zero-order valence-corrected chi connectivity index (χ0v) is 32.7. The summed E-state index contributed by atoms with van der Waals surface area (Å²) in [6.07, 6.45) is -3.60. The number of hydrogen-bond acceptors (Lipinski definition) is 7. The molecule has 60 heavy (non-hydrogen) atoms. The number of amides is 3. The Bertz CT molecular complexity index is 2560. The first-order chi connectivity index (χ1) is 28.6. The van der Waals surface area contributed by atoms with Crippen molar-refractivity contribution in [3.8, 4) is 17.3 Å². The number of nitriles is 1. The molecule has 0 saturated carbocycles. The van der Waals surface area contributed by atoms with E-state index in [1.54, 1.807) is 19.9 Å². The largest absolute Gasteiger partial charge is 0.417 e. The van der Waals surface area contributed by atoms with Gasteiger partial charge in [0.05, 0.1) is 40.7 Å². The average Bonchev–Trinajstić information content (AvgIpc) is 3.58. The maximum Gasteiger partial charge on any atom is 0.417 e. The van der Waals surface area contributed by atoms with Crippen molar-refractivity contribution in [2.24, 2.45) is 0 Å². The number of halogens is 5. The zero-order chi connectivity index (χ0) is 42.9. The second-order valence-electron chi connectivity index (χ2n) is 14.9. The molecule has 2 aliphatic heterocycles. The van der Waals surface area contributed by atoms with Crippen LogP contribution in [-0.2, 0) is 33.5 Å². The van der Waals surface area contributed by atoms with Crippen molar-refractivity contribution in [3.05, 3.63) is 125 Å². The van der Waals surface area contributed by atoms with Gasteiger partial charge in [0.15, 0.2) is 0 Å². The highest BCUT2D eigenvalue weighted by molar-refractivity contribution is 6.11. The van der Waals surface area contributed by atoms with Crippen LogP contribution < -0.4 is 25.8 Å². The number of H-pyrrole nitrogens is 1. The molecule has 0 spiro atoms. The van der Waals surface area contributed by atoms with Gasteiger partial charge in [-0.2, -0.15) is 18.4 Å². The summed E-state index contributed by atoms with van der Waals surface area (Å²) in [4.78, 5) is 44.3. The highest BCUT2D eigenvalue weighted by Gasteiger charge is 2.49. The molecule has 1 aromatic heterocycles. The minimum absolute atomic E-state index is 0.0160. The number of rotatable bonds is 13. The van der Waals surface area contributed by atoms with Crippen molar-refractivity contribution in [3.63, 3.8) is 0 Å². The molecule has 3 amide bonds. The lowest BCUT2D eigenvalue weighted by molar-refractivity contribution is -0.137. The molecule has 11 nitrogen and oxygen atoms in total. The second-order valence-corrected chi connectivity index (χ2v) is 14.9. The summed E-state index contributed by atoms with van der Waals surface area (Å²) in [5, 5.41) is 18.6. The molecular formula is C44H40F5N7O4. The molecule has 310 valence electrons. The van der Waals surface area contributed by atoms with Gasteiger partial charge in [-0.1, -0.05) is 30.8 Å². The number of nitrogens with zero attached hydrogens (tertiary/aromatic N) is 3. The number of hydrogen-bond donors (Lipinski definition) is 4. The highest BCUT2D eigenvalue weighted by atomic mass is 19.4. The van der Waals surface area contributed by atoms with Crippen LogP contribution in [0.4, 0.5) is 39.0 Å². The van der Waals surface area contributed by atoms with Crippen LogP contribution in [0.3, 0.4) is 0 Å². The van der Waals surface area contributed by atoms with Crippen LogP contribution in [0.15, 0.2) is 85.2 Å². The summed E-state index contributed by atoms with van der Waals surface area (Å²) in [6.45, 7) is 8.62. The number of aromatic amines is 1. The zero-order valence-electron chi connectivity index (χ0n) is 32.7. The third-order valence-corrected chi connectivity index (χ3v) is 10.6. The molecule has 0 bridgehead atoms. The molecule has 5 aromatic rings. The molecule has 1 saturated heterocycles. The number of anilines is 3. The monoisotopic (exact) mass is 825 g/mol. The number of ether oxygens (including phenoxy) is 1. The van der Waals surface area contributed by atoms with Gasteiger partial charge in [0, 0.05) is 54.9 Å². The van der Waals surface area contributed by atoms with Crippen LogP contribution in [0.25, 0.3) is 22.2 Å². The standard InChI is InChI=1S/C44H40F5N7O4/c1-25-55(30-10-9-28(23-50)34(21-30)44(47,48)49)42(59)43(2,3)56(25)31-11-12-36(35(46)22-31)51-15-4-17-60-18-14-38(57)53-24-26-5-7-27(8-6-26)40-32-13-16-52-41(58)33-19-29(45)20-37(54-40)39(32)33/h5-12,19-22,51,54H,1,4,13-18,24H2,2-3H3,(H,52,58)(H,53,57). The van der Waals surface area contributed by atoms with E-state index in [-0.39, 0.29) is 47.7 Å². The van der Waals surface area contributed by atoms with Crippen LogP contribution in [0.2, 0.25) is 0 Å². The van der Waals surface area contributed by atoms with E-state index in [0.29, 0.717) is 50.2 Å². The molecule has 0 aliphatic carbocycles. The molecule has 4 N–H and O–H groups in total. The van der Waals surface area contributed by atoms with E-state index in [9.17, 15) is 37.2 Å². The number of aromatic nitrogens is 1. The normalized spacial score (nSPS) is 14.9. The van der Waals surface area contributed by atoms with E-state index >= 15 is 4.39 Å². The van der Waals surface area contributed by atoms with Gasteiger partial charge in [-0.05, 0) is 91.9 Å². The Hall–Kier alpha value is -6.73. The first-order valence-electron chi connectivity index (χ1n) is 19.1. The fourth-order valence-electron chi connectivity index (χ4n) is 7.62. The Morgan fingerprint density at radius 1 is 1.00 bits per heavy atom. The smallest absolute Gasteiger partial charge is 0.383 e. The molecule has 0 radical (unpaired) electrons. The van der Waals surface area contributed by atoms with Crippen LogP contribution >= 0.6 is 0 Å². The molecule has 7 rings (SSSR count). The van der Waals surface area contributed by atoms with E-state index in [4.69, 9.17) is 4.74 Å². The fraction of sp³-hybridized carbons (Fsp3) is 0.273. The maximum absolute atomic E-state index is 15.3. The summed E-state index contributed by atoms with van der Waals surface area (Å²) in [7, 11) is 0. The maximum atomic E-state index is 15.3. The van der Waals surface area contributed by atoms with Crippen molar-refractivity contribution in [1.82, 2.24) is 15.6 Å². The van der Waals surface area contributed by atoms with Crippen LogP contribution in [0, 0.1) is 23.0 Å². The van der Waals surface area contributed by atoms with Gasteiger partial charge in [-0.15, -0.1) is 0 Å². The van der Waals surface area contributed by atoms with Crippen molar-refractivity contribution < 1.29 is 41.1 Å². The van der Waals surface area contributed by atoms with Gasteiger partial charge in [-0.25, -0.2) is 8.78 Å². The molecule has 3 heterocycles. The number of carbonyl (C=O) groups excluding carboxylic acids is 3. The Labute approximate surface area is 341 Å². The van der Waals surface area contributed by atoms with Crippen molar-refractivity contribution in [2.45, 2.75) is 51.4 Å². The van der Waals surface area contributed by atoms with Crippen LogP contribution in [0.1, 0.15) is 59.3 Å². The lowest BCUT2D eigenvalue weighted by atomic mass is 9.99. The van der Waals surface area contributed by atoms with E-state index in [2.05, 4.69) is 27.5 Å². The van der Waals surface area contributed by atoms with E-state index in [1.807, 2.05) is 24.3 Å². The lowest BCUT2D eigenvalue weighted by Crippen LogP contribution is -2.43. The second kappa shape index (κ2) is 16.5.